The molecular formula is C2H6Cl2O5P2+2. The average Bonchev–Trinajstić information content (AvgIpc) is 1.85. The van der Waals surface area contributed by atoms with Crippen LogP contribution in [0.2, 0.25) is 0 Å². The minimum atomic E-state index is -2.92. The topological polar surface area (TPSA) is 83.8 Å². The molecule has 0 aromatic carbocycles. The third-order valence-electron chi connectivity index (χ3n) is 0.211. The molecule has 0 aliphatic carbocycles. The molecule has 0 spiro atoms. The second-order valence-electron chi connectivity index (χ2n) is 0.935. The molecule has 0 heterocycles. The molecular weight excluding hydrogens is 237 g/mol. The molecule has 2 N–H and O–H groups in total. The lowest BCUT2D eigenvalue weighted by Gasteiger charge is -1.63. The van der Waals surface area contributed by atoms with E-state index in [-0.39, 0.29) is 0 Å². The molecule has 0 amide bonds. The van der Waals surface area contributed by atoms with Crippen LogP contribution in [0, 0.1) is 0 Å². The lowest BCUT2D eigenvalue weighted by molar-refractivity contribution is 0.371. The van der Waals surface area contributed by atoms with Gasteiger partial charge in [-0.2, -0.15) is 0 Å². The van der Waals surface area contributed by atoms with Gasteiger partial charge in [-0.05, 0) is 0 Å². The molecule has 0 fully saturated rings. The lowest BCUT2D eigenvalue weighted by Crippen LogP contribution is -1.63. The standard InChI is InChI=1S/C2H4Cl2.O5P2/c3-1-2-4;1-6(2)5-7(3)4/h1-2H2;/p+2. The van der Waals surface area contributed by atoms with E-state index >= 15 is 0 Å². The third-order valence-corrected chi connectivity index (χ3v) is 1.90. The van der Waals surface area contributed by atoms with Crippen LogP contribution < -0.4 is 0 Å². The molecule has 5 nitrogen and oxygen atoms in total. The molecule has 0 saturated heterocycles. The fourth-order valence-corrected chi connectivity index (χ4v) is 0.538. The summed E-state index contributed by atoms with van der Waals surface area (Å²) in [6, 6.07) is 0. The molecule has 0 aromatic rings. The van der Waals surface area contributed by atoms with Gasteiger partial charge in [-0.1, -0.05) is 0 Å². The van der Waals surface area contributed by atoms with Crippen LogP contribution in [-0.2, 0) is 13.4 Å². The van der Waals surface area contributed by atoms with Crippen molar-refractivity contribution in [3.8, 4) is 0 Å². The van der Waals surface area contributed by atoms with Crippen LogP contribution in [0.25, 0.3) is 0 Å². The highest BCUT2D eigenvalue weighted by molar-refractivity contribution is 7.46. The van der Waals surface area contributed by atoms with Gasteiger partial charge in [0.2, 0.25) is 0 Å². The van der Waals surface area contributed by atoms with E-state index in [4.69, 9.17) is 33.0 Å². The monoisotopic (exact) mass is 242 g/mol. The molecule has 2 atom stereocenters. The first-order valence-corrected chi connectivity index (χ1v) is 5.49. The van der Waals surface area contributed by atoms with Crippen molar-refractivity contribution < 1.29 is 23.2 Å². The maximum Gasteiger partial charge on any atom is 0.745 e. The van der Waals surface area contributed by atoms with E-state index in [2.05, 4.69) is 4.31 Å². The minimum Gasteiger partial charge on any atom is -0.131 e. The van der Waals surface area contributed by atoms with Crippen LogP contribution in [0.15, 0.2) is 0 Å². The van der Waals surface area contributed by atoms with E-state index in [1.807, 2.05) is 0 Å². The first-order valence-electron chi connectivity index (χ1n) is 2.16. The number of rotatable bonds is 3. The molecule has 0 aliphatic heterocycles. The second kappa shape index (κ2) is 10.7. The first kappa shape index (κ1) is 14.2. The fourth-order valence-electron chi connectivity index (χ4n) is 0.0598. The van der Waals surface area contributed by atoms with Gasteiger partial charge in [0.1, 0.15) is 0 Å². The Labute approximate surface area is 75.2 Å². The predicted molar refractivity (Wildman–Crippen MR) is 42.2 cm³/mol. The quantitative estimate of drug-likeness (QED) is 0.582. The van der Waals surface area contributed by atoms with E-state index in [1.165, 1.54) is 0 Å². The largest absolute Gasteiger partial charge is 0.745 e. The molecule has 2 unspecified atom stereocenters. The van der Waals surface area contributed by atoms with Gasteiger partial charge in [-0.3, -0.25) is 0 Å². The van der Waals surface area contributed by atoms with E-state index in [1.54, 1.807) is 0 Å². The van der Waals surface area contributed by atoms with Crippen LogP contribution in [0.1, 0.15) is 0 Å². The zero-order valence-corrected chi connectivity index (χ0v) is 8.48. The Morgan fingerprint density at radius 3 is 1.36 bits per heavy atom. The summed E-state index contributed by atoms with van der Waals surface area (Å²) in [7, 11) is -5.85. The SMILES string of the molecule is ClCCCl.O=[P+](O)O[P+](=O)O. The van der Waals surface area contributed by atoms with Crippen LogP contribution in [0.3, 0.4) is 0 Å². The third kappa shape index (κ3) is 25.0. The second-order valence-corrected chi connectivity index (χ2v) is 3.30. The summed E-state index contributed by atoms with van der Waals surface area (Å²) in [5.41, 5.74) is 0. The van der Waals surface area contributed by atoms with Crippen molar-refractivity contribution >= 4 is 39.7 Å². The Hall–Kier alpha value is 0.660. The molecule has 0 bridgehead atoms. The zero-order chi connectivity index (χ0) is 9.28. The van der Waals surface area contributed by atoms with Crippen molar-refractivity contribution in [1.82, 2.24) is 0 Å². The maximum absolute atomic E-state index is 9.39. The van der Waals surface area contributed by atoms with Crippen molar-refractivity contribution in [2.75, 3.05) is 11.8 Å². The molecule has 0 radical (unpaired) electrons. The normalized spacial score (nSPS) is 11.3. The molecule has 0 rings (SSSR count). The van der Waals surface area contributed by atoms with E-state index in [9.17, 15) is 9.13 Å². The smallest absolute Gasteiger partial charge is 0.131 e. The Morgan fingerprint density at radius 2 is 1.36 bits per heavy atom. The highest BCUT2D eigenvalue weighted by Crippen LogP contribution is 2.30. The Bertz CT molecular complexity index is 116. The summed E-state index contributed by atoms with van der Waals surface area (Å²) in [6.45, 7) is 0. The van der Waals surface area contributed by atoms with Gasteiger partial charge in [0.25, 0.3) is 0 Å². The Kier molecular flexibility index (Phi) is 13.8. The van der Waals surface area contributed by atoms with Crippen molar-refractivity contribution in [3.05, 3.63) is 0 Å². The number of hydrogen-bond acceptors (Lipinski definition) is 3. The molecule has 11 heavy (non-hydrogen) atoms. The summed E-state index contributed by atoms with van der Waals surface area (Å²) < 4.78 is 22.2. The van der Waals surface area contributed by atoms with Gasteiger partial charge < -0.3 is 0 Å². The van der Waals surface area contributed by atoms with Crippen molar-refractivity contribution in [1.29, 1.82) is 0 Å². The molecule has 0 aromatic heterocycles. The van der Waals surface area contributed by atoms with Gasteiger partial charge in [0, 0.05) is 20.9 Å². The zero-order valence-electron chi connectivity index (χ0n) is 5.18. The van der Waals surface area contributed by atoms with E-state index < -0.39 is 16.5 Å². The highest BCUT2D eigenvalue weighted by Gasteiger charge is 2.31. The predicted octanol–water partition coefficient (Wildman–Crippen LogP) is 1.77. The lowest BCUT2D eigenvalue weighted by atomic mass is 11.0. The van der Waals surface area contributed by atoms with Gasteiger partial charge in [-0.15, -0.1) is 33.0 Å². The van der Waals surface area contributed by atoms with Crippen molar-refractivity contribution in [2.24, 2.45) is 0 Å². The van der Waals surface area contributed by atoms with Crippen LogP contribution in [-0.4, -0.2) is 21.5 Å². The summed E-state index contributed by atoms with van der Waals surface area (Å²) >= 11 is 10.1. The van der Waals surface area contributed by atoms with Gasteiger partial charge in [0.15, 0.2) is 4.31 Å². The van der Waals surface area contributed by atoms with E-state index in [0.29, 0.717) is 11.8 Å². The first-order chi connectivity index (χ1) is 5.04. The number of hydrogen-bond donors (Lipinski definition) is 2. The molecule has 9 heteroatoms. The fraction of sp³-hybridized carbons (Fsp3) is 1.00. The number of alkyl halides is 2. The summed E-state index contributed by atoms with van der Waals surface area (Å²) in [5.74, 6) is 1.11. The average molecular weight is 243 g/mol. The van der Waals surface area contributed by atoms with Crippen molar-refractivity contribution in [3.63, 3.8) is 0 Å². The van der Waals surface area contributed by atoms with Gasteiger partial charge in [0.05, 0.1) is 0 Å². The van der Waals surface area contributed by atoms with Gasteiger partial charge >= 0.3 is 16.5 Å². The van der Waals surface area contributed by atoms with E-state index in [0.717, 1.165) is 0 Å². The highest BCUT2D eigenvalue weighted by atomic mass is 35.5. The molecule has 0 saturated carbocycles. The summed E-state index contributed by atoms with van der Waals surface area (Å²) in [5, 5.41) is 0. The number of halogens is 2. The van der Waals surface area contributed by atoms with Crippen LogP contribution >= 0.6 is 39.7 Å². The van der Waals surface area contributed by atoms with Crippen LogP contribution in [0.5, 0.6) is 0 Å². The minimum absolute atomic E-state index is 0.557. The Balaban J connectivity index is 0. The van der Waals surface area contributed by atoms with Gasteiger partial charge in [-0.25, -0.2) is 0 Å². The molecule has 0 aliphatic rings. The summed E-state index contributed by atoms with van der Waals surface area (Å²) in [4.78, 5) is 15.3. The molecule has 66 valence electrons. The van der Waals surface area contributed by atoms with Crippen LogP contribution in [0.4, 0.5) is 0 Å². The maximum atomic E-state index is 9.39. The summed E-state index contributed by atoms with van der Waals surface area (Å²) in [6.07, 6.45) is 0. The Morgan fingerprint density at radius 1 is 1.09 bits per heavy atom. The van der Waals surface area contributed by atoms with Crippen molar-refractivity contribution in [2.45, 2.75) is 0 Å².